The van der Waals surface area contributed by atoms with Crippen LogP contribution in [0.3, 0.4) is 0 Å². The predicted molar refractivity (Wildman–Crippen MR) is 55.6 cm³/mol. The molecule has 1 nitrogen and oxygen atoms in total. The van der Waals surface area contributed by atoms with Crippen LogP contribution in [0.1, 0.15) is 24.8 Å². The van der Waals surface area contributed by atoms with E-state index in [0.29, 0.717) is 6.04 Å². The van der Waals surface area contributed by atoms with Crippen LogP contribution >= 0.6 is 11.3 Å². The van der Waals surface area contributed by atoms with Crippen LogP contribution in [-0.4, -0.2) is 6.54 Å². The quantitative estimate of drug-likeness (QED) is 0.704. The maximum atomic E-state index is 3.97. The summed E-state index contributed by atoms with van der Waals surface area (Å²) < 4.78 is 0. The Balaban J connectivity index is 2.73. The number of hydrogen-bond acceptors (Lipinski definition) is 2. The molecule has 0 bridgehead atoms. The first-order valence-electron chi connectivity index (χ1n) is 4.18. The first-order valence-corrected chi connectivity index (χ1v) is 5.06. The second-order valence-corrected chi connectivity index (χ2v) is 3.83. The Labute approximate surface area is 78.1 Å². The van der Waals surface area contributed by atoms with Gasteiger partial charge in [-0.15, -0.1) is 11.3 Å². The van der Waals surface area contributed by atoms with Crippen molar-refractivity contribution in [2.45, 2.75) is 19.9 Å². The van der Waals surface area contributed by atoms with E-state index in [2.05, 4.69) is 43.3 Å². The lowest BCUT2D eigenvalue weighted by Crippen LogP contribution is -2.20. The van der Waals surface area contributed by atoms with Gasteiger partial charge in [0.25, 0.3) is 0 Å². The zero-order valence-electron chi connectivity index (χ0n) is 7.63. The molecule has 0 saturated heterocycles. The van der Waals surface area contributed by atoms with Gasteiger partial charge in [0.15, 0.2) is 0 Å². The van der Waals surface area contributed by atoms with Gasteiger partial charge in [0.05, 0.1) is 6.04 Å². The highest BCUT2D eigenvalue weighted by Gasteiger charge is 2.10. The normalized spacial score (nSPS) is 12.8. The zero-order chi connectivity index (χ0) is 8.97. The Bertz CT molecular complexity index is 238. The van der Waals surface area contributed by atoms with E-state index in [-0.39, 0.29) is 0 Å². The second-order valence-electron chi connectivity index (χ2n) is 2.85. The number of nitrogens with one attached hydrogen (secondary N) is 1. The van der Waals surface area contributed by atoms with Crippen LogP contribution in [0.15, 0.2) is 29.7 Å². The summed E-state index contributed by atoms with van der Waals surface area (Å²) >= 11 is 1.78. The van der Waals surface area contributed by atoms with Gasteiger partial charge in [0.2, 0.25) is 0 Å². The van der Waals surface area contributed by atoms with Crippen molar-refractivity contribution in [1.82, 2.24) is 5.32 Å². The topological polar surface area (TPSA) is 12.0 Å². The summed E-state index contributed by atoms with van der Waals surface area (Å²) in [5, 5.41) is 5.50. The van der Waals surface area contributed by atoms with Crippen LogP contribution in [0.5, 0.6) is 0 Å². The largest absolute Gasteiger partial charge is 0.306 e. The first kappa shape index (κ1) is 9.49. The molecule has 66 valence electrons. The third-order valence-electron chi connectivity index (χ3n) is 1.73. The fourth-order valence-corrected chi connectivity index (χ4v) is 2.07. The number of rotatable bonds is 4. The Morgan fingerprint density at radius 2 is 2.50 bits per heavy atom. The van der Waals surface area contributed by atoms with E-state index in [9.17, 15) is 0 Å². The van der Waals surface area contributed by atoms with Gasteiger partial charge in [-0.3, -0.25) is 0 Å². The summed E-state index contributed by atoms with van der Waals surface area (Å²) in [6, 6.07) is 4.56. The highest BCUT2D eigenvalue weighted by Crippen LogP contribution is 2.23. The molecule has 0 aliphatic heterocycles. The molecule has 1 unspecified atom stereocenters. The predicted octanol–water partition coefficient (Wildman–Crippen LogP) is 2.97. The van der Waals surface area contributed by atoms with Crippen LogP contribution in [-0.2, 0) is 0 Å². The molecule has 0 fully saturated rings. The average molecular weight is 181 g/mol. The van der Waals surface area contributed by atoms with Gasteiger partial charge in [-0.25, -0.2) is 0 Å². The van der Waals surface area contributed by atoms with E-state index in [1.165, 1.54) is 10.5 Å². The van der Waals surface area contributed by atoms with Crippen molar-refractivity contribution in [2.75, 3.05) is 6.54 Å². The summed E-state index contributed by atoms with van der Waals surface area (Å²) in [5.74, 6) is 0. The molecule has 2 heteroatoms. The highest BCUT2D eigenvalue weighted by molar-refractivity contribution is 7.10. The molecule has 0 aromatic carbocycles. The third-order valence-corrected chi connectivity index (χ3v) is 2.67. The van der Waals surface area contributed by atoms with Gasteiger partial charge in [-0.1, -0.05) is 25.1 Å². The Kier molecular flexibility index (Phi) is 3.50. The maximum absolute atomic E-state index is 3.97. The zero-order valence-corrected chi connectivity index (χ0v) is 8.45. The molecule has 1 heterocycles. The summed E-state index contributed by atoms with van der Waals surface area (Å²) in [5.41, 5.74) is 1.18. The molecule has 12 heavy (non-hydrogen) atoms. The molecule has 0 radical (unpaired) electrons. The summed E-state index contributed by atoms with van der Waals surface area (Å²) in [4.78, 5) is 1.35. The molecular weight excluding hydrogens is 166 g/mol. The van der Waals surface area contributed by atoms with E-state index in [0.717, 1.165) is 6.54 Å². The van der Waals surface area contributed by atoms with Crippen molar-refractivity contribution < 1.29 is 0 Å². The number of thiophene rings is 1. The lowest BCUT2D eigenvalue weighted by Gasteiger charge is -2.15. The fourth-order valence-electron chi connectivity index (χ4n) is 1.18. The molecule has 1 N–H and O–H groups in total. The number of likely N-dealkylation sites (N-methyl/N-ethyl adjacent to an activating group) is 1. The Morgan fingerprint density at radius 1 is 1.75 bits per heavy atom. The lowest BCUT2D eigenvalue weighted by molar-refractivity contribution is 0.630. The van der Waals surface area contributed by atoms with Crippen LogP contribution in [0.4, 0.5) is 0 Å². The summed E-state index contributed by atoms with van der Waals surface area (Å²) in [6.45, 7) is 9.13. The first-order chi connectivity index (χ1) is 5.75. The molecule has 0 aliphatic rings. The molecular formula is C10H15NS. The van der Waals surface area contributed by atoms with E-state index in [4.69, 9.17) is 0 Å². The van der Waals surface area contributed by atoms with Gasteiger partial charge in [-0.2, -0.15) is 0 Å². The van der Waals surface area contributed by atoms with Gasteiger partial charge >= 0.3 is 0 Å². The second kappa shape index (κ2) is 4.43. The minimum atomic E-state index is 0.343. The van der Waals surface area contributed by atoms with Gasteiger partial charge in [0, 0.05) is 4.88 Å². The van der Waals surface area contributed by atoms with Crippen molar-refractivity contribution in [2.24, 2.45) is 0 Å². The molecule has 1 aromatic heterocycles. The number of hydrogen-bond donors (Lipinski definition) is 1. The van der Waals surface area contributed by atoms with Crippen LogP contribution < -0.4 is 5.32 Å². The van der Waals surface area contributed by atoms with Crippen molar-refractivity contribution in [3.63, 3.8) is 0 Å². The molecule has 0 aliphatic carbocycles. The lowest BCUT2D eigenvalue weighted by atomic mass is 10.1. The minimum absolute atomic E-state index is 0.343. The highest BCUT2D eigenvalue weighted by atomic mass is 32.1. The van der Waals surface area contributed by atoms with E-state index >= 15 is 0 Å². The SMILES string of the molecule is C=C(C)C(NCC)c1cccs1. The summed E-state index contributed by atoms with van der Waals surface area (Å²) in [7, 11) is 0. The van der Waals surface area contributed by atoms with Crippen LogP contribution in [0.2, 0.25) is 0 Å². The third kappa shape index (κ3) is 2.19. The van der Waals surface area contributed by atoms with Crippen LogP contribution in [0.25, 0.3) is 0 Å². The summed E-state index contributed by atoms with van der Waals surface area (Å²) in [6.07, 6.45) is 0. The molecule has 0 amide bonds. The van der Waals surface area contributed by atoms with Crippen LogP contribution in [0, 0.1) is 0 Å². The molecule has 1 aromatic rings. The van der Waals surface area contributed by atoms with Gasteiger partial charge in [0.1, 0.15) is 0 Å². The average Bonchev–Trinajstić information content (AvgIpc) is 2.51. The van der Waals surface area contributed by atoms with Crippen molar-refractivity contribution in [3.05, 3.63) is 34.5 Å². The van der Waals surface area contributed by atoms with Gasteiger partial charge < -0.3 is 5.32 Å². The maximum Gasteiger partial charge on any atom is 0.0625 e. The van der Waals surface area contributed by atoms with E-state index < -0.39 is 0 Å². The monoisotopic (exact) mass is 181 g/mol. The fraction of sp³-hybridized carbons (Fsp3) is 0.400. The minimum Gasteiger partial charge on any atom is -0.306 e. The molecule has 1 atom stereocenters. The van der Waals surface area contributed by atoms with Crippen molar-refractivity contribution in [3.8, 4) is 0 Å². The molecule has 1 rings (SSSR count). The standard InChI is InChI=1S/C10H15NS/c1-4-11-10(8(2)3)9-6-5-7-12-9/h5-7,10-11H,2,4H2,1,3H3. The smallest absolute Gasteiger partial charge is 0.0625 e. The van der Waals surface area contributed by atoms with E-state index in [1.54, 1.807) is 11.3 Å². The Morgan fingerprint density at radius 3 is 2.92 bits per heavy atom. The van der Waals surface area contributed by atoms with Crippen molar-refractivity contribution in [1.29, 1.82) is 0 Å². The van der Waals surface area contributed by atoms with E-state index in [1.807, 2.05) is 0 Å². The van der Waals surface area contributed by atoms with Crippen molar-refractivity contribution >= 4 is 11.3 Å². The molecule has 0 saturated carbocycles. The van der Waals surface area contributed by atoms with Gasteiger partial charge in [-0.05, 0) is 24.9 Å². The molecule has 0 spiro atoms. The Hall–Kier alpha value is -0.600.